The van der Waals surface area contributed by atoms with Crippen LogP contribution in [0.5, 0.6) is 0 Å². The number of anilines is 3. The Morgan fingerprint density at radius 2 is 1.09 bits per heavy atom. The number of para-hydroxylation sites is 1. The summed E-state index contributed by atoms with van der Waals surface area (Å²) in [4.78, 5) is 38.7. The van der Waals surface area contributed by atoms with Crippen LogP contribution < -0.4 is 16.0 Å². The molecule has 0 spiro atoms. The Balaban J connectivity index is 1.56. The molecule has 3 aromatic rings. The van der Waals surface area contributed by atoms with Crippen molar-refractivity contribution in [3.05, 3.63) is 90.0 Å². The van der Waals surface area contributed by atoms with E-state index in [4.69, 9.17) is 0 Å². The highest BCUT2D eigenvalue weighted by atomic mass is 16.2. The van der Waals surface area contributed by atoms with Crippen LogP contribution in [0.4, 0.5) is 21.9 Å². The van der Waals surface area contributed by atoms with Crippen molar-refractivity contribution in [2.45, 2.75) is 13.8 Å². The lowest BCUT2D eigenvalue weighted by Crippen LogP contribution is -2.30. The van der Waals surface area contributed by atoms with Crippen LogP contribution >= 0.6 is 0 Å². The first-order valence-electron chi connectivity index (χ1n) is 10.4. The highest BCUT2D eigenvalue weighted by Gasteiger charge is 2.13. The molecule has 0 aliphatic heterocycles. The van der Waals surface area contributed by atoms with Crippen LogP contribution in [0.3, 0.4) is 0 Å². The number of nitrogens with zero attached hydrogens (tertiary/aromatic N) is 1. The van der Waals surface area contributed by atoms with Crippen molar-refractivity contribution < 1.29 is 14.4 Å². The van der Waals surface area contributed by atoms with Gasteiger partial charge in [0.15, 0.2) is 0 Å². The third-order valence-electron chi connectivity index (χ3n) is 4.88. The van der Waals surface area contributed by atoms with E-state index in [1.165, 1.54) is 0 Å². The molecule has 0 aliphatic rings. The lowest BCUT2D eigenvalue weighted by atomic mass is 10.1. The Morgan fingerprint density at radius 1 is 0.625 bits per heavy atom. The summed E-state index contributed by atoms with van der Waals surface area (Å²) in [6.45, 7) is 5.16. The quantitative estimate of drug-likeness (QED) is 0.489. The first kappa shape index (κ1) is 22.6. The molecule has 3 N–H and O–H groups in total. The van der Waals surface area contributed by atoms with Gasteiger partial charge in [-0.2, -0.15) is 0 Å². The normalized spacial score (nSPS) is 10.2. The maximum Gasteiger partial charge on any atom is 0.323 e. The van der Waals surface area contributed by atoms with Gasteiger partial charge in [-0.05, 0) is 74.5 Å². The molecule has 0 saturated heterocycles. The smallest absolute Gasteiger partial charge is 0.323 e. The SMILES string of the molecule is CCN(CC)C(=O)c1ccc(NC(=O)c2ccc(NC(=O)Nc3ccccc3)cc2)cc1. The molecule has 0 radical (unpaired) electrons. The molecule has 0 fully saturated rings. The number of urea groups is 1. The lowest BCUT2D eigenvalue weighted by molar-refractivity contribution is 0.0773. The average molecular weight is 431 g/mol. The molecule has 0 aliphatic carbocycles. The van der Waals surface area contributed by atoms with Gasteiger partial charge in [-0.3, -0.25) is 9.59 Å². The van der Waals surface area contributed by atoms with E-state index < -0.39 is 0 Å². The van der Waals surface area contributed by atoms with Gasteiger partial charge in [0.2, 0.25) is 0 Å². The number of hydrogen-bond donors (Lipinski definition) is 3. The Bertz CT molecular complexity index is 1060. The number of carbonyl (C=O) groups is 3. The molecule has 4 amide bonds. The number of benzene rings is 3. The minimum atomic E-state index is -0.368. The summed E-state index contributed by atoms with van der Waals surface area (Å²) in [5, 5.41) is 8.27. The maximum atomic E-state index is 12.5. The van der Waals surface area contributed by atoms with E-state index in [1.54, 1.807) is 65.6 Å². The van der Waals surface area contributed by atoms with Crippen LogP contribution in [0.2, 0.25) is 0 Å². The molecule has 0 heterocycles. The summed E-state index contributed by atoms with van der Waals surface area (Å²) < 4.78 is 0. The van der Waals surface area contributed by atoms with Gasteiger partial charge in [0.1, 0.15) is 0 Å². The third kappa shape index (κ3) is 5.95. The maximum absolute atomic E-state index is 12.5. The molecule has 3 aromatic carbocycles. The second-order valence-electron chi connectivity index (χ2n) is 7.03. The van der Waals surface area contributed by atoms with E-state index >= 15 is 0 Å². The zero-order chi connectivity index (χ0) is 22.9. The Hall–Kier alpha value is -4.13. The summed E-state index contributed by atoms with van der Waals surface area (Å²) in [6.07, 6.45) is 0. The van der Waals surface area contributed by atoms with E-state index in [0.29, 0.717) is 41.3 Å². The third-order valence-corrected chi connectivity index (χ3v) is 4.88. The minimum Gasteiger partial charge on any atom is -0.339 e. The fourth-order valence-electron chi connectivity index (χ4n) is 3.11. The molecule has 0 unspecified atom stereocenters. The van der Waals surface area contributed by atoms with Gasteiger partial charge in [0.05, 0.1) is 0 Å². The standard InChI is InChI=1S/C25H26N4O3/c1-3-29(4-2)24(31)19-12-16-21(17-13-19)26-23(30)18-10-14-22(15-11-18)28-25(32)27-20-8-6-5-7-9-20/h5-17H,3-4H2,1-2H3,(H,26,30)(H2,27,28,32). The van der Waals surface area contributed by atoms with Crippen LogP contribution in [0.25, 0.3) is 0 Å². The van der Waals surface area contributed by atoms with Gasteiger partial charge in [-0.25, -0.2) is 4.79 Å². The molecule has 0 atom stereocenters. The zero-order valence-electron chi connectivity index (χ0n) is 18.1. The Morgan fingerprint density at radius 3 is 1.62 bits per heavy atom. The van der Waals surface area contributed by atoms with Gasteiger partial charge in [-0.15, -0.1) is 0 Å². The average Bonchev–Trinajstić information content (AvgIpc) is 2.81. The minimum absolute atomic E-state index is 0.0349. The molecule has 32 heavy (non-hydrogen) atoms. The van der Waals surface area contributed by atoms with E-state index in [1.807, 2.05) is 32.0 Å². The molecule has 7 heteroatoms. The molecular weight excluding hydrogens is 404 g/mol. The van der Waals surface area contributed by atoms with Crippen LogP contribution in [0.15, 0.2) is 78.9 Å². The number of nitrogens with one attached hydrogen (secondary N) is 3. The van der Waals surface area contributed by atoms with Crippen molar-refractivity contribution in [2.24, 2.45) is 0 Å². The van der Waals surface area contributed by atoms with Gasteiger partial charge in [-0.1, -0.05) is 18.2 Å². The van der Waals surface area contributed by atoms with Crippen LogP contribution in [-0.2, 0) is 0 Å². The van der Waals surface area contributed by atoms with Crippen molar-refractivity contribution in [2.75, 3.05) is 29.0 Å². The molecular formula is C25H26N4O3. The van der Waals surface area contributed by atoms with Crippen molar-refractivity contribution in [3.63, 3.8) is 0 Å². The Kier molecular flexibility index (Phi) is 7.59. The van der Waals surface area contributed by atoms with Crippen molar-refractivity contribution in [1.82, 2.24) is 4.90 Å². The Labute approximate surface area is 187 Å². The number of rotatable bonds is 7. The van der Waals surface area contributed by atoms with Crippen LogP contribution in [-0.4, -0.2) is 35.8 Å². The van der Waals surface area contributed by atoms with E-state index in [2.05, 4.69) is 16.0 Å². The summed E-state index contributed by atoms with van der Waals surface area (Å²) in [7, 11) is 0. The second-order valence-corrected chi connectivity index (χ2v) is 7.03. The molecule has 3 rings (SSSR count). The molecule has 0 saturated carbocycles. The topological polar surface area (TPSA) is 90.5 Å². The van der Waals surface area contributed by atoms with Gasteiger partial charge in [0.25, 0.3) is 11.8 Å². The first-order chi connectivity index (χ1) is 15.5. The van der Waals surface area contributed by atoms with Crippen LogP contribution in [0.1, 0.15) is 34.6 Å². The summed E-state index contributed by atoms with van der Waals surface area (Å²) >= 11 is 0. The van der Waals surface area contributed by atoms with Crippen molar-refractivity contribution in [3.8, 4) is 0 Å². The monoisotopic (exact) mass is 430 g/mol. The highest BCUT2D eigenvalue weighted by Crippen LogP contribution is 2.15. The highest BCUT2D eigenvalue weighted by molar-refractivity contribution is 6.05. The second kappa shape index (κ2) is 10.8. The van der Waals surface area contributed by atoms with E-state index in [9.17, 15) is 14.4 Å². The van der Waals surface area contributed by atoms with Gasteiger partial charge >= 0.3 is 6.03 Å². The predicted molar refractivity (Wildman–Crippen MR) is 127 cm³/mol. The molecule has 0 bridgehead atoms. The largest absolute Gasteiger partial charge is 0.339 e. The van der Waals surface area contributed by atoms with Crippen LogP contribution in [0, 0.1) is 0 Å². The van der Waals surface area contributed by atoms with Crippen molar-refractivity contribution in [1.29, 1.82) is 0 Å². The van der Waals surface area contributed by atoms with Gasteiger partial charge < -0.3 is 20.9 Å². The summed E-state index contributed by atoms with van der Waals surface area (Å²) in [6, 6.07) is 22.1. The predicted octanol–water partition coefficient (Wildman–Crippen LogP) is 5.06. The van der Waals surface area contributed by atoms with Gasteiger partial charge in [0, 0.05) is 41.3 Å². The molecule has 164 valence electrons. The fourth-order valence-corrected chi connectivity index (χ4v) is 3.11. The van der Waals surface area contributed by atoms with Crippen molar-refractivity contribution >= 4 is 34.9 Å². The molecule has 7 nitrogen and oxygen atoms in total. The molecule has 0 aromatic heterocycles. The van der Waals surface area contributed by atoms with E-state index in [-0.39, 0.29) is 17.8 Å². The summed E-state index contributed by atoms with van der Waals surface area (Å²) in [5.41, 5.74) is 2.87. The van der Waals surface area contributed by atoms with E-state index in [0.717, 1.165) is 0 Å². The zero-order valence-corrected chi connectivity index (χ0v) is 18.1. The summed E-state index contributed by atoms with van der Waals surface area (Å²) in [5.74, 6) is -0.319. The number of hydrogen-bond acceptors (Lipinski definition) is 3. The fraction of sp³-hybridized carbons (Fsp3) is 0.160. The lowest BCUT2D eigenvalue weighted by Gasteiger charge is -2.18. The first-order valence-corrected chi connectivity index (χ1v) is 10.4. The number of carbonyl (C=O) groups excluding carboxylic acids is 3. The number of amides is 4.